The van der Waals surface area contributed by atoms with Crippen molar-refractivity contribution in [2.24, 2.45) is 0 Å². The number of nitrogens with zero attached hydrogens (tertiary/aromatic N) is 1. The van der Waals surface area contributed by atoms with Gasteiger partial charge in [-0.15, -0.1) is 0 Å². The van der Waals surface area contributed by atoms with E-state index in [-0.39, 0.29) is 0 Å². The Hall–Kier alpha value is -2.07. The fraction of sp³-hybridized carbons (Fsp3) is 0.312. The lowest BCUT2D eigenvalue weighted by atomic mass is 10.3. The molecular weight excluding hydrogens is 252 g/mol. The summed E-state index contributed by atoms with van der Waals surface area (Å²) in [6.45, 7) is 3.48. The topological polar surface area (TPSA) is 43.4 Å². The van der Waals surface area contributed by atoms with Crippen LogP contribution in [0.15, 0.2) is 42.6 Å². The van der Waals surface area contributed by atoms with Gasteiger partial charge in [0.1, 0.15) is 5.75 Å². The van der Waals surface area contributed by atoms with E-state index in [2.05, 4.69) is 17.2 Å². The summed E-state index contributed by atoms with van der Waals surface area (Å²) >= 11 is 0. The van der Waals surface area contributed by atoms with Crippen molar-refractivity contribution in [2.75, 3.05) is 13.7 Å². The highest BCUT2D eigenvalue weighted by Gasteiger charge is 2.06. The predicted octanol–water partition coefficient (Wildman–Crippen LogP) is 3.38. The van der Waals surface area contributed by atoms with Crippen LogP contribution in [-0.4, -0.2) is 18.6 Å². The molecule has 20 heavy (non-hydrogen) atoms. The minimum Gasteiger partial charge on any atom is -0.490 e. The maximum Gasteiger partial charge on any atom is 0.169 e. The molecule has 0 atom stereocenters. The van der Waals surface area contributed by atoms with Crippen molar-refractivity contribution in [3.63, 3.8) is 0 Å². The van der Waals surface area contributed by atoms with Gasteiger partial charge in [-0.05, 0) is 31.7 Å². The average molecular weight is 272 g/mol. The number of nitrogens with one attached hydrogen (secondary N) is 1. The molecule has 4 heteroatoms. The molecule has 0 radical (unpaired) electrons. The highest BCUT2D eigenvalue weighted by molar-refractivity contribution is 5.42. The zero-order valence-electron chi connectivity index (χ0n) is 11.9. The standard InChI is InChI=1S/C16H20N2O2/c1-3-10-19-15-6-4-5-7-16(15)20-14-8-9-18-13(11-14)12-17-2/h4-9,11,17H,3,10,12H2,1-2H3. The molecule has 0 aliphatic rings. The van der Waals surface area contributed by atoms with Gasteiger partial charge >= 0.3 is 0 Å². The fourth-order valence-corrected chi connectivity index (χ4v) is 1.79. The van der Waals surface area contributed by atoms with Crippen LogP contribution in [0.25, 0.3) is 0 Å². The molecule has 1 N–H and O–H groups in total. The first-order valence-electron chi connectivity index (χ1n) is 6.82. The van der Waals surface area contributed by atoms with E-state index in [9.17, 15) is 0 Å². The molecule has 0 bridgehead atoms. The van der Waals surface area contributed by atoms with Gasteiger partial charge in [0.05, 0.1) is 12.3 Å². The van der Waals surface area contributed by atoms with Crippen LogP contribution < -0.4 is 14.8 Å². The summed E-state index contributed by atoms with van der Waals surface area (Å²) in [4.78, 5) is 4.27. The van der Waals surface area contributed by atoms with Crippen molar-refractivity contribution in [3.05, 3.63) is 48.3 Å². The maximum atomic E-state index is 5.90. The van der Waals surface area contributed by atoms with Crippen molar-refractivity contribution < 1.29 is 9.47 Å². The number of hydrogen-bond acceptors (Lipinski definition) is 4. The van der Waals surface area contributed by atoms with E-state index >= 15 is 0 Å². The highest BCUT2D eigenvalue weighted by Crippen LogP contribution is 2.31. The number of hydrogen-bond donors (Lipinski definition) is 1. The lowest BCUT2D eigenvalue weighted by Crippen LogP contribution is -2.06. The van der Waals surface area contributed by atoms with Gasteiger partial charge in [0.2, 0.25) is 0 Å². The molecule has 0 aliphatic carbocycles. The summed E-state index contributed by atoms with van der Waals surface area (Å²) in [6, 6.07) is 11.5. The summed E-state index contributed by atoms with van der Waals surface area (Å²) in [7, 11) is 1.89. The molecule has 0 fully saturated rings. The molecule has 0 spiro atoms. The van der Waals surface area contributed by atoms with Crippen molar-refractivity contribution in [2.45, 2.75) is 19.9 Å². The minimum absolute atomic E-state index is 0.682. The fourth-order valence-electron chi connectivity index (χ4n) is 1.79. The summed E-state index contributed by atoms with van der Waals surface area (Å²) in [5.74, 6) is 2.25. The summed E-state index contributed by atoms with van der Waals surface area (Å²) in [5, 5.41) is 3.07. The minimum atomic E-state index is 0.682. The molecule has 1 aromatic carbocycles. The molecule has 1 aromatic heterocycles. The van der Waals surface area contributed by atoms with Crippen LogP contribution in [-0.2, 0) is 6.54 Å². The van der Waals surface area contributed by atoms with Crippen LogP contribution in [0.4, 0.5) is 0 Å². The van der Waals surface area contributed by atoms with Crippen LogP contribution in [0.5, 0.6) is 17.2 Å². The van der Waals surface area contributed by atoms with E-state index in [1.54, 1.807) is 6.20 Å². The molecular formula is C16H20N2O2. The Labute approximate surface area is 119 Å². The lowest BCUT2D eigenvalue weighted by molar-refractivity contribution is 0.302. The summed E-state index contributed by atoms with van der Waals surface area (Å²) in [5.41, 5.74) is 0.942. The Kier molecular flexibility index (Phi) is 5.38. The second-order valence-electron chi connectivity index (χ2n) is 4.41. The number of rotatable bonds is 7. The third kappa shape index (κ3) is 3.96. The van der Waals surface area contributed by atoms with Gasteiger partial charge in [-0.2, -0.15) is 0 Å². The van der Waals surface area contributed by atoms with Crippen LogP contribution >= 0.6 is 0 Å². The van der Waals surface area contributed by atoms with E-state index in [4.69, 9.17) is 9.47 Å². The monoisotopic (exact) mass is 272 g/mol. The molecule has 2 aromatic rings. The first-order chi connectivity index (χ1) is 9.83. The largest absolute Gasteiger partial charge is 0.490 e. The molecule has 0 aliphatic heterocycles. The zero-order valence-corrected chi connectivity index (χ0v) is 11.9. The van der Waals surface area contributed by atoms with E-state index in [1.165, 1.54) is 0 Å². The Bertz CT molecular complexity index is 544. The lowest BCUT2D eigenvalue weighted by Gasteiger charge is -2.12. The third-order valence-electron chi connectivity index (χ3n) is 2.68. The zero-order chi connectivity index (χ0) is 14.2. The van der Waals surface area contributed by atoms with Crippen LogP contribution in [0.1, 0.15) is 19.0 Å². The molecule has 0 saturated heterocycles. The van der Waals surface area contributed by atoms with Crippen LogP contribution in [0.3, 0.4) is 0 Å². The van der Waals surface area contributed by atoms with Gasteiger partial charge in [0.15, 0.2) is 11.5 Å². The second kappa shape index (κ2) is 7.50. The predicted molar refractivity (Wildman–Crippen MR) is 79.3 cm³/mol. The number of aromatic nitrogens is 1. The van der Waals surface area contributed by atoms with E-state index in [1.807, 2.05) is 43.4 Å². The molecule has 4 nitrogen and oxygen atoms in total. The number of benzene rings is 1. The highest BCUT2D eigenvalue weighted by atomic mass is 16.5. The first-order valence-corrected chi connectivity index (χ1v) is 6.82. The van der Waals surface area contributed by atoms with Crippen molar-refractivity contribution >= 4 is 0 Å². The molecule has 0 amide bonds. The van der Waals surface area contributed by atoms with Crippen molar-refractivity contribution in [1.29, 1.82) is 0 Å². The Balaban J connectivity index is 2.14. The maximum absolute atomic E-state index is 5.90. The van der Waals surface area contributed by atoms with E-state index in [0.717, 1.165) is 29.4 Å². The Morgan fingerprint density at radius 2 is 1.95 bits per heavy atom. The number of ether oxygens (including phenoxy) is 2. The van der Waals surface area contributed by atoms with Crippen molar-refractivity contribution in [3.8, 4) is 17.2 Å². The van der Waals surface area contributed by atoms with Gasteiger partial charge in [0.25, 0.3) is 0 Å². The average Bonchev–Trinajstić information content (AvgIpc) is 2.47. The normalized spacial score (nSPS) is 10.3. The van der Waals surface area contributed by atoms with Gasteiger partial charge in [0, 0.05) is 18.8 Å². The van der Waals surface area contributed by atoms with E-state index in [0.29, 0.717) is 13.2 Å². The summed E-state index contributed by atoms with van der Waals surface area (Å²) in [6.07, 6.45) is 2.72. The Morgan fingerprint density at radius 1 is 1.15 bits per heavy atom. The summed E-state index contributed by atoms with van der Waals surface area (Å²) < 4.78 is 11.6. The third-order valence-corrected chi connectivity index (χ3v) is 2.68. The number of para-hydroxylation sites is 2. The quantitative estimate of drug-likeness (QED) is 0.839. The molecule has 0 saturated carbocycles. The van der Waals surface area contributed by atoms with Crippen molar-refractivity contribution in [1.82, 2.24) is 10.3 Å². The smallest absolute Gasteiger partial charge is 0.169 e. The van der Waals surface area contributed by atoms with Crippen LogP contribution in [0, 0.1) is 0 Å². The van der Waals surface area contributed by atoms with Gasteiger partial charge in [-0.3, -0.25) is 4.98 Å². The SMILES string of the molecule is CCCOc1ccccc1Oc1ccnc(CNC)c1. The molecule has 0 unspecified atom stereocenters. The van der Waals surface area contributed by atoms with E-state index < -0.39 is 0 Å². The molecule has 1 heterocycles. The molecule has 106 valence electrons. The van der Waals surface area contributed by atoms with Gasteiger partial charge < -0.3 is 14.8 Å². The van der Waals surface area contributed by atoms with Crippen LogP contribution in [0.2, 0.25) is 0 Å². The van der Waals surface area contributed by atoms with Gasteiger partial charge in [-0.1, -0.05) is 19.1 Å². The molecule has 2 rings (SSSR count). The number of pyridine rings is 1. The first kappa shape index (κ1) is 14.3. The van der Waals surface area contributed by atoms with Gasteiger partial charge in [-0.25, -0.2) is 0 Å². The Morgan fingerprint density at radius 3 is 2.70 bits per heavy atom. The second-order valence-corrected chi connectivity index (χ2v) is 4.41.